The van der Waals surface area contributed by atoms with Crippen LogP contribution in [0.3, 0.4) is 0 Å². The lowest BCUT2D eigenvalue weighted by Crippen LogP contribution is -2.13. The van der Waals surface area contributed by atoms with Gasteiger partial charge in [-0.25, -0.2) is 4.98 Å². The second-order valence-corrected chi connectivity index (χ2v) is 7.54. The molecular formula is C17H11ClN4O2S2. The summed E-state index contributed by atoms with van der Waals surface area (Å²) >= 11 is 8.70. The van der Waals surface area contributed by atoms with Crippen molar-refractivity contribution in [3.8, 4) is 11.5 Å². The third kappa shape index (κ3) is 3.72. The summed E-state index contributed by atoms with van der Waals surface area (Å²) in [5.74, 6) is 0.274. The molecular weight excluding hydrogens is 392 g/mol. The highest BCUT2D eigenvalue weighted by molar-refractivity contribution is 7.99. The van der Waals surface area contributed by atoms with E-state index in [4.69, 9.17) is 16.0 Å². The van der Waals surface area contributed by atoms with Gasteiger partial charge < -0.3 is 9.73 Å². The predicted molar refractivity (Wildman–Crippen MR) is 104 cm³/mol. The molecule has 1 amide bonds. The normalized spacial score (nSPS) is 11.0. The van der Waals surface area contributed by atoms with Gasteiger partial charge in [-0.3, -0.25) is 4.79 Å². The zero-order valence-corrected chi connectivity index (χ0v) is 15.6. The molecule has 2 aromatic heterocycles. The fourth-order valence-electron chi connectivity index (χ4n) is 2.22. The number of thiazole rings is 1. The summed E-state index contributed by atoms with van der Waals surface area (Å²) in [6, 6.07) is 14.9. The first-order valence-corrected chi connectivity index (χ1v) is 9.74. The molecule has 0 saturated heterocycles. The number of carbonyl (C=O) groups excluding carboxylic acids is 1. The molecule has 4 aromatic rings. The smallest absolute Gasteiger partial charge is 0.277 e. The van der Waals surface area contributed by atoms with E-state index < -0.39 is 0 Å². The Kier molecular flexibility index (Phi) is 4.87. The standard InChI is InChI=1S/C17H11ClN4O2S2/c18-11-6-2-1-5-10(11)15-21-22-17(24-15)25-9-14(23)20-16-19-12-7-3-4-8-13(12)26-16/h1-8H,9H2,(H,19,20,23). The number of thioether (sulfide) groups is 1. The van der Waals surface area contributed by atoms with Gasteiger partial charge in [-0.15, -0.1) is 10.2 Å². The number of aromatic nitrogens is 3. The van der Waals surface area contributed by atoms with Crippen molar-refractivity contribution in [1.82, 2.24) is 15.2 Å². The average Bonchev–Trinajstić information content (AvgIpc) is 3.26. The van der Waals surface area contributed by atoms with E-state index in [1.807, 2.05) is 36.4 Å². The minimum atomic E-state index is -0.188. The van der Waals surface area contributed by atoms with E-state index in [0.29, 0.717) is 26.8 Å². The molecule has 0 unspecified atom stereocenters. The Balaban J connectivity index is 1.38. The van der Waals surface area contributed by atoms with Gasteiger partial charge in [0.1, 0.15) is 0 Å². The zero-order valence-electron chi connectivity index (χ0n) is 13.2. The lowest BCUT2D eigenvalue weighted by molar-refractivity contribution is -0.113. The first kappa shape index (κ1) is 17.0. The molecule has 0 atom stereocenters. The summed E-state index contributed by atoms with van der Waals surface area (Å²) < 4.78 is 6.59. The number of halogens is 1. The molecule has 0 aliphatic carbocycles. The van der Waals surface area contributed by atoms with Crippen LogP contribution in [0.1, 0.15) is 0 Å². The van der Waals surface area contributed by atoms with Gasteiger partial charge in [0, 0.05) is 0 Å². The SMILES string of the molecule is O=C(CSc1nnc(-c2ccccc2Cl)o1)Nc1nc2ccccc2s1. The molecule has 2 aromatic carbocycles. The van der Waals surface area contributed by atoms with Crippen molar-refractivity contribution in [1.29, 1.82) is 0 Å². The second-order valence-electron chi connectivity index (χ2n) is 5.18. The molecule has 130 valence electrons. The maximum Gasteiger partial charge on any atom is 0.277 e. The first-order valence-electron chi connectivity index (χ1n) is 7.56. The number of amides is 1. The molecule has 1 N–H and O–H groups in total. The molecule has 2 heterocycles. The van der Waals surface area contributed by atoms with Gasteiger partial charge in [-0.2, -0.15) is 0 Å². The minimum absolute atomic E-state index is 0.139. The molecule has 9 heteroatoms. The van der Waals surface area contributed by atoms with E-state index in [1.165, 1.54) is 11.3 Å². The molecule has 0 spiro atoms. The maximum absolute atomic E-state index is 12.1. The number of nitrogens with one attached hydrogen (secondary N) is 1. The third-order valence-electron chi connectivity index (χ3n) is 3.38. The number of benzene rings is 2. The van der Waals surface area contributed by atoms with Gasteiger partial charge >= 0.3 is 0 Å². The quantitative estimate of drug-likeness (QED) is 0.486. The first-order chi connectivity index (χ1) is 12.7. The van der Waals surface area contributed by atoms with Crippen molar-refractivity contribution < 1.29 is 9.21 Å². The average molecular weight is 403 g/mol. The Morgan fingerprint density at radius 2 is 1.96 bits per heavy atom. The van der Waals surface area contributed by atoms with Crippen molar-refractivity contribution in [2.45, 2.75) is 5.22 Å². The molecule has 0 saturated carbocycles. The summed E-state index contributed by atoms with van der Waals surface area (Å²) in [5.41, 5.74) is 1.52. The number of nitrogens with zero attached hydrogens (tertiary/aromatic N) is 3. The molecule has 26 heavy (non-hydrogen) atoms. The largest absolute Gasteiger partial charge is 0.411 e. The molecule has 4 rings (SSSR count). The van der Waals surface area contributed by atoms with Gasteiger partial charge in [-0.05, 0) is 24.3 Å². The van der Waals surface area contributed by atoms with Crippen LogP contribution in [0.25, 0.3) is 21.7 Å². The summed E-state index contributed by atoms with van der Waals surface area (Å²) in [4.78, 5) is 16.5. The molecule has 0 aliphatic rings. The van der Waals surface area contributed by atoms with Gasteiger partial charge in [0.25, 0.3) is 5.22 Å². The van der Waals surface area contributed by atoms with Crippen molar-refractivity contribution in [2.75, 3.05) is 11.1 Å². The third-order valence-corrected chi connectivity index (χ3v) is 5.48. The molecule has 0 aliphatic heterocycles. The van der Waals surface area contributed by atoms with Crippen molar-refractivity contribution >= 4 is 56.0 Å². The number of fused-ring (bicyclic) bond motifs is 1. The molecule has 0 bridgehead atoms. The lowest BCUT2D eigenvalue weighted by atomic mass is 10.2. The van der Waals surface area contributed by atoms with Gasteiger partial charge in [0.15, 0.2) is 5.13 Å². The van der Waals surface area contributed by atoms with E-state index in [0.717, 1.165) is 22.0 Å². The van der Waals surface area contributed by atoms with Crippen LogP contribution in [-0.2, 0) is 4.79 Å². The Hall–Kier alpha value is -2.42. The monoisotopic (exact) mass is 402 g/mol. The van der Waals surface area contributed by atoms with Crippen LogP contribution in [0, 0.1) is 0 Å². The second kappa shape index (κ2) is 7.45. The van der Waals surface area contributed by atoms with E-state index >= 15 is 0 Å². The van der Waals surface area contributed by atoms with Crippen LogP contribution in [-0.4, -0.2) is 26.8 Å². The Bertz CT molecular complexity index is 1050. The van der Waals surface area contributed by atoms with Crippen LogP contribution >= 0.6 is 34.7 Å². The number of para-hydroxylation sites is 1. The van der Waals surface area contributed by atoms with Crippen molar-refractivity contribution in [3.63, 3.8) is 0 Å². The van der Waals surface area contributed by atoms with Crippen LogP contribution in [0.2, 0.25) is 5.02 Å². The number of carbonyl (C=O) groups is 1. The summed E-state index contributed by atoms with van der Waals surface area (Å²) in [5, 5.41) is 12.1. The summed E-state index contributed by atoms with van der Waals surface area (Å²) in [6.45, 7) is 0. The van der Waals surface area contributed by atoms with E-state index in [1.54, 1.807) is 12.1 Å². The van der Waals surface area contributed by atoms with E-state index in [2.05, 4.69) is 20.5 Å². The maximum atomic E-state index is 12.1. The highest BCUT2D eigenvalue weighted by Crippen LogP contribution is 2.29. The molecule has 0 fully saturated rings. The Labute approximate surface area is 161 Å². The summed E-state index contributed by atoms with van der Waals surface area (Å²) in [7, 11) is 0. The molecule has 0 radical (unpaired) electrons. The van der Waals surface area contributed by atoms with Crippen molar-refractivity contribution in [2.24, 2.45) is 0 Å². The van der Waals surface area contributed by atoms with Crippen molar-refractivity contribution in [3.05, 3.63) is 53.6 Å². The number of hydrogen-bond donors (Lipinski definition) is 1. The Morgan fingerprint density at radius 3 is 2.81 bits per heavy atom. The number of anilines is 1. The lowest BCUT2D eigenvalue weighted by Gasteiger charge is -1.99. The highest BCUT2D eigenvalue weighted by Gasteiger charge is 2.14. The van der Waals surface area contributed by atoms with Crippen LogP contribution in [0.15, 0.2) is 58.2 Å². The predicted octanol–water partition coefficient (Wildman–Crippen LogP) is 4.73. The van der Waals surface area contributed by atoms with E-state index in [9.17, 15) is 4.79 Å². The highest BCUT2D eigenvalue weighted by atomic mass is 35.5. The minimum Gasteiger partial charge on any atom is -0.411 e. The van der Waals surface area contributed by atoms with Gasteiger partial charge in [0.05, 0.1) is 26.6 Å². The Morgan fingerprint density at radius 1 is 1.15 bits per heavy atom. The number of hydrogen-bond acceptors (Lipinski definition) is 7. The van der Waals surface area contributed by atoms with Crippen LogP contribution < -0.4 is 5.32 Å². The number of rotatable bonds is 5. The van der Waals surface area contributed by atoms with Crippen LogP contribution in [0.5, 0.6) is 0 Å². The fourth-order valence-corrected chi connectivity index (χ4v) is 3.88. The fraction of sp³-hybridized carbons (Fsp3) is 0.0588. The topological polar surface area (TPSA) is 80.9 Å². The van der Waals surface area contributed by atoms with Gasteiger partial charge in [0.2, 0.25) is 11.8 Å². The zero-order chi connectivity index (χ0) is 17.9. The van der Waals surface area contributed by atoms with Crippen LogP contribution in [0.4, 0.5) is 5.13 Å². The van der Waals surface area contributed by atoms with Gasteiger partial charge in [-0.1, -0.05) is 59.0 Å². The molecule has 6 nitrogen and oxygen atoms in total. The summed E-state index contributed by atoms with van der Waals surface area (Å²) in [6.07, 6.45) is 0. The van der Waals surface area contributed by atoms with E-state index in [-0.39, 0.29) is 11.7 Å².